The first-order valence-electron chi connectivity index (χ1n) is 5.04. The molecular formula is C12H11NO3. The Morgan fingerprint density at radius 1 is 1.19 bits per heavy atom. The zero-order valence-electron chi connectivity index (χ0n) is 8.82. The Morgan fingerprint density at radius 3 is 2.50 bits per heavy atom. The van der Waals surface area contributed by atoms with Crippen LogP contribution in [0.15, 0.2) is 44.3 Å². The first kappa shape index (κ1) is 10.4. The number of aromatic amines is 1. The lowest BCUT2D eigenvalue weighted by Crippen LogP contribution is -2.22. The highest BCUT2D eigenvalue weighted by Gasteiger charge is 2.11. The first-order valence-corrected chi connectivity index (χ1v) is 5.04. The van der Waals surface area contributed by atoms with Crippen LogP contribution in [0.25, 0.3) is 11.3 Å². The number of hydrogen-bond acceptors (Lipinski definition) is 3. The van der Waals surface area contributed by atoms with Gasteiger partial charge in [0.1, 0.15) is 5.76 Å². The second-order valence-electron chi connectivity index (χ2n) is 3.37. The molecule has 0 saturated carbocycles. The number of H-pyrrole nitrogens is 1. The van der Waals surface area contributed by atoms with Gasteiger partial charge in [-0.05, 0) is 6.42 Å². The van der Waals surface area contributed by atoms with Crippen LogP contribution in [-0.2, 0) is 6.42 Å². The van der Waals surface area contributed by atoms with E-state index < -0.39 is 5.76 Å². The van der Waals surface area contributed by atoms with E-state index >= 15 is 0 Å². The largest absolute Gasteiger partial charge is 0.419 e. The molecule has 0 aliphatic rings. The van der Waals surface area contributed by atoms with Crippen LogP contribution in [-0.4, -0.2) is 4.98 Å². The summed E-state index contributed by atoms with van der Waals surface area (Å²) in [6.45, 7) is 1.84. The third-order valence-electron chi connectivity index (χ3n) is 2.35. The summed E-state index contributed by atoms with van der Waals surface area (Å²) in [6.07, 6.45) is 0.517. The van der Waals surface area contributed by atoms with Gasteiger partial charge in [-0.25, -0.2) is 4.79 Å². The van der Waals surface area contributed by atoms with Gasteiger partial charge in [-0.3, -0.25) is 9.78 Å². The second kappa shape index (κ2) is 4.18. The average molecular weight is 217 g/mol. The van der Waals surface area contributed by atoms with E-state index in [9.17, 15) is 9.59 Å². The molecule has 1 N–H and O–H groups in total. The molecule has 0 aliphatic heterocycles. The summed E-state index contributed by atoms with van der Waals surface area (Å²) < 4.78 is 5.06. The molecule has 2 rings (SSSR count). The van der Waals surface area contributed by atoms with Crippen LogP contribution >= 0.6 is 0 Å². The summed E-state index contributed by atoms with van der Waals surface area (Å²) in [5, 5.41) is 0. The molecule has 1 aromatic carbocycles. The number of hydrogen-bond donors (Lipinski definition) is 1. The van der Waals surface area contributed by atoms with E-state index in [-0.39, 0.29) is 5.56 Å². The van der Waals surface area contributed by atoms with Gasteiger partial charge in [0.05, 0.1) is 5.56 Å². The van der Waals surface area contributed by atoms with Crippen molar-refractivity contribution in [2.45, 2.75) is 13.3 Å². The van der Waals surface area contributed by atoms with Crippen molar-refractivity contribution in [1.29, 1.82) is 0 Å². The van der Waals surface area contributed by atoms with Gasteiger partial charge in [0.2, 0.25) is 0 Å². The third-order valence-corrected chi connectivity index (χ3v) is 2.35. The lowest BCUT2D eigenvalue weighted by atomic mass is 10.1. The number of nitrogens with one attached hydrogen (secondary N) is 1. The van der Waals surface area contributed by atoms with E-state index in [2.05, 4.69) is 4.98 Å². The number of benzene rings is 1. The van der Waals surface area contributed by atoms with Crippen molar-refractivity contribution in [2.75, 3.05) is 0 Å². The molecule has 0 aliphatic carbocycles. The van der Waals surface area contributed by atoms with Crippen LogP contribution in [0.5, 0.6) is 0 Å². The second-order valence-corrected chi connectivity index (χ2v) is 3.37. The normalized spacial score (nSPS) is 10.3. The molecule has 4 heteroatoms. The molecule has 2 aromatic rings. The molecular weight excluding hydrogens is 206 g/mol. The van der Waals surface area contributed by atoms with Crippen molar-refractivity contribution in [1.82, 2.24) is 4.98 Å². The monoisotopic (exact) mass is 217 g/mol. The van der Waals surface area contributed by atoms with Crippen LogP contribution in [0.3, 0.4) is 0 Å². The minimum atomic E-state index is -0.721. The molecule has 0 unspecified atom stereocenters. The Bertz CT molecular complexity index is 596. The van der Waals surface area contributed by atoms with Gasteiger partial charge in [0.15, 0.2) is 0 Å². The van der Waals surface area contributed by atoms with Crippen LogP contribution in [0, 0.1) is 0 Å². The molecule has 0 atom stereocenters. The topological polar surface area (TPSA) is 63.1 Å². The minimum Gasteiger partial charge on any atom is -0.409 e. The molecule has 0 radical (unpaired) electrons. The van der Waals surface area contributed by atoms with E-state index in [4.69, 9.17) is 4.42 Å². The van der Waals surface area contributed by atoms with E-state index in [1.54, 1.807) is 12.1 Å². The standard InChI is InChI=1S/C12H11NO3/c1-2-9-10(8-6-4-3-5-7-8)16-12(15)13-11(9)14/h3-7H,2H2,1H3,(H,13,14,15). The van der Waals surface area contributed by atoms with Crippen molar-refractivity contribution in [3.63, 3.8) is 0 Å². The van der Waals surface area contributed by atoms with Crippen molar-refractivity contribution in [2.24, 2.45) is 0 Å². The van der Waals surface area contributed by atoms with E-state index in [0.717, 1.165) is 5.56 Å². The molecule has 0 bridgehead atoms. The predicted octanol–water partition coefficient (Wildman–Crippen LogP) is 1.56. The molecule has 82 valence electrons. The molecule has 1 aromatic heterocycles. The average Bonchev–Trinajstić information content (AvgIpc) is 2.29. The molecule has 0 fully saturated rings. The molecule has 4 nitrogen and oxygen atoms in total. The van der Waals surface area contributed by atoms with E-state index in [0.29, 0.717) is 17.7 Å². The lowest BCUT2D eigenvalue weighted by Gasteiger charge is -2.03. The van der Waals surface area contributed by atoms with Gasteiger partial charge >= 0.3 is 5.76 Å². The Hall–Kier alpha value is -2.10. The molecule has 0 saturated heterocycles. The maximum atomic E-state index is 11.5. The zero-order valence-corrected chi connectivity index (χ0v) is 8.82. The fourth-order valence-corrected chi connectivity index (χ4v) is 1.59. The fraction of sp³-hybridized carbons (Fsp3) is 0.167. The smallest absolute Gasteiger partial charge is 0.409 e. The number of aromatic nitrogens is 1. The van der Waals surface area contributed by atoms with Gasteiger partial charge in [-0.1, -0.05) is 37.3 Å². The predicted molar refractivity (Wildman–Crippen MR) is 60.4 cm³/mol. The summed E-state index contributed by atoms with van der Waals surface area (Å²) >= 11 is 0. The van der Waals surface area contributed by atoms with Gasteiger partial charge in [-0.15, -0.1) is 0 Å². The van der Waals surface area contributed by atoms with E-state index in [1.165, 1.54) is 0 Å². The Morgan fingerprint density at radius 2 is 1.88 bits per heavy atom. The Labute approximate surface area is 91.6 Å². The highest BCUT2D eigenvalue weighted by atomic mass is 16.4. The summed E-state index contributed by atoms with van der Waals surface area (Å²) in [5.74, 6) is -0.363. The molecule has 0 spiro atoms. The molecule has 1 heterocycles. The van der Waals surface area contributed by atoms with Crippen molar-refractivity contribution in [3.8, 4) is 11.3 Å². The molecule has 0 amide bonds. The SMILES string of the molecule is CCc1c(-c2ccccc2)oc(=O)[nH]c1=O. The highest BCUT2D eigenvalue weighted by Crippen LogP contribution is 2.19. The third kappa shape index (κ3) is 1.82. The summed E-state index contributed by atoms with van der Waals surface area (Å²) in [5.41, 5.74) is 0.853. The number of rotatable bonds is 2. The Kier molecular flexibility index (Phi) is 2.72. The van der Waals surface area contributed by atoms with Gasteiger partial charge in [0.25, 0.3) is 5.56 Å². The fourth-order valence-electron chi connectivity index (χ4n) is 1.59. The van der Waals surface area contributed by atoms with Gasteiger partial charge < -0.3 is 4.42 Å². The zero-order chi connectivity index (χ0) is 11.5. The van der Waals surface area contributed by atoms with Crippen LogP contribution in [0.4, 0.5) is 0 Å². The maximum Gasteiger partial charge on any atom is 0.419 e. The molecule has 16 heavy (non-hydrogen) atoms. The van der Waals surface area contributed by atoms with Crippen LogP contribution < -0.4 is 11.3 Å². The summed E-state index contributed by atoms with van der Waals surface area (Å²) in [4.78, 5) is 24.8. The quantitative estimate of drug-likeness (QED) is 0.830. The lowest BCUT2D eigenvalue weighted by molar-refractivity contribution is 0.487. The van der Waals surface area contributed by atoms with Crippen molar-refractivity contribution < 1.29 is 4.42 Å². The Balaban J connectivity index is 2.74. The maximum absolute atomic E-state index is 11.5. The van der Waals surface area contributed by atoms with Crippen LogP contribution in [0.2, 0.25) is 0 Å². The van der Waals surface area contributed by atoms with Crippen LogP contribution in [0.1, 0.15) is 12.5 Å². The van der Waals surface area contributed by atoms with Crippen molar-refractivity contribution >= 4 is 0 Å². The highest BCUT2D eigenvalue weighted by molar-refractivity contribution is 5.60. The minimum absolute atomic E-state index is 0.358. The summed E-state index contributed by atoms with van der Waals surface area (Å²) in [7, 11) is 0. The van der Waals surface area contributed by atoms with E-state index in [1.807, 2.05) is 25.1 Å². The van der Waals surface area contributed by atoms with Gasteiger partial charge in [-0.2, -0.15) is 0 Å². The van der Waals surface area contributed by atoms with Crippen molar-refractivity contribution in [3.05, 3.63) is 56.8 Å². The first-order chi connectivity index (χ1) is 7.72. The van der Waals surface area contributed by atoms with Gasteiger partial charge in [0, 0.05) is 5.56 Å². The summed E-state index contributed by atoms with van der Waals surface area (Å²) in [6, 6.07) is 9.13.